The number of amides is 1. The summed E-state index contributed by atoms with van der Waals surface area (Å²) >= 11 is 1.17. The Labute approximate surface area is 117 Å². The fourth-order valence-electron chi connectivity index (χ4n) is 1.53. The van der Waals surface area contributed by atoms with Crippen molar-refractivity contribution in [3.8, 4) is 18.0 Å². The molecule has 0 bridgehead atoms. The quantitative estimate of drug-likeness (QED) is 0.771. The lowest BCUT2D eigenvalue weighted by molar-refractivity contribution is -0.137. The van der Waals surface area contributed by atoms with Crippen LogP contribution < -0.4 is 0 Å². The number of hydrogen-bond donors (Lipinski definition) is 1. The second-order valence-electron chi connectivity index (χ2n) is 3.65. The van der Waals surface area contributed by atoms with Gasteiger partial charge in [0.2, 0.25) is 0 Å². The van der Waals surface area contributed by atoms with Crippen molar-refractivity contribution in [3.63, 3.8) is 0 Å². The normalized spacial score (nSPS) is 9.95. The Hall–Kier alpha value is -2.73. The van der Waals surface area contributed by atoms with Crippen molar-refractivity contribution in [2.75, 3.05) is 13.1 Å². The van der Waals surface area contributed by atoms with Crippen molar-refractivity contribution in [1.82, 2.24) is 25.1 Å². The van der Waals surface area contributed by atoms with Crippen molar-refractivity contribution in [3.05, 3.63) is 22.7 Å². The highest BCUT2D eigenvalue weighted by Crippen LogP contribution is 2.21. The highest BCUT2D eigenvalue weighted by molar-refractivity contribution is 7.12. The van der Waals surface area contributed by atoms with E-state index in [1.807, 2.05) is 0 Å². The van der Waals surface area contributed by atoms with Crippen molar-refractivity contribution >= 4 is 23.2 Å². The number of aliphatic carboxylic acids is 1. The molecule has 0 unspecified atom stereocenters. The third kappa shape index (κ3) is 2.81. The van der Waals surface area contributed by atoms with Crippen LogP contribution in [0.4, 0.5) is 0 Å². The molecule has 0 atom stereocenters. The molecule has 0 spiro atoms. The fraction of sp³-hybridized carbons (Fsp3) is 0.182. The molecule has 0 aliphatic heterocycles. The van der Waals surface area contributed by atoms with Crippen molar-refractivity contribution < 1.29 is 14.7 Å². The SMILES string of the molecule is C#CCN(CC(=O)O)C(=O)c1sccc1-n1cnnn1. The molecule has 102 valence electrons. The van der Waals surface area contributed by atoms with Crippen LogP contribution in [-0.2, 0) is 4.79 Å². The Morgan fingerprint density at radius 1 is 1.55 bits per heavy atom. The van der Waals surface area contributed by atoms with E-state index < -0.39 is 18.4 Å². The van der Waals surface area contributed by atoms with E-state index in [4.69, 9.17) is 11.5 Å². The number of carbonyl (C=O) groups is 2. The third-order valence-corrected chi connectivity index (χ3v) is 3.22. The van der Waals surface area contributed by atoms with Crippen molar-refractivity contribution in [2.24, 2.45) is 0 Å². The Bertz CT molecular complexity index is 658. The van der Waals surface area contributed by atoms with Gasteiger partial charge < -0.3 is 10.0 Å². The van der Waals surface area contributed by atoms with E-state index in [1.54, 1.807) is 11.4 Å². The number of carboxylic acids is 1. The first-order valence-electron chi connectivity index (χ1n) is 5.39. The highest BCUT2D eigenvalue weighted by Gasteiger charge is 2.22. The van der Waals surface area contributed by atoms with Gasteiger partial charge in [0.05, 0.1) is 12.2 Å². The number of rotatable bonds is 5. The average Bonchev–Trinajstić information content (AvgIpc) is 3.07. The molecular formula is C11H9N5O3S. The largest absolute Gasteiger partial charge is 0.480 e. The molecule has 0 radical (unpaired) electrons. The number of carbonyl (C=O) groups excluding carboxylic acids is 1. The lowest BCUT2D eigenvalue weighted by atomic mass is 10.3. The smallest absolute Gasteiger partial charge is 0.323 e. The first kappa shape index (κ1) is 13.7. The molecule has 1 amide bonds. The topological polar surface area (TPSA) is 101 Å². The van der Waals surface area contributed by atoms with Gasteiger partial charge in [-0.1, -0.05) is 5.92 Å². The number of aromatic nitrogens is 4. The molecule has 20 heavy (non-hydrogen) atoms. The van der Waals surface area contributed by atoms with Crippen LogP contribution in [-0.4, -0.2) is 55.2 Å². The van der Waals surface area contributed by atoms with Gasteiger partial charge in [0, 0.05) is 0 Å². The number of hydrogen-bond acceptors (Lipinski definition) is 6. The second kappa shape index (κ2) is 5.94. The zero-order valence-corrected chi connectivity index (χ0v) is 10.9. The summed E-state index contributed by atoms with van der Waals surface area (Å²) < 4.78 is 1.33. The number of thiophene rings is 1. The number of nitrogens with zero attached hydrogens (tertiary/aromatic N) is 5. The van der Waals surface area contributed by atoms with Crippen molar-refractivity contribution in [1.29, 1.82) is 0 Å². The van der Waals surface area contributed by atoms with Gasteiger partial charge in [0.25, 0.3) is 5.91 Å². The molecule has 0 aliphatic rings. The molecule has 0 aliphatic carbocycles. The molecule has 2 rings (SSSR count). The predicted octanol–water partition coefficient (Wildman–Crippen LogP) is -0.116. The predicted molar refractivity (Wildman–Crippen MR) is 69.4 cm³/mol. The van der Waals surface area contributed by atoms with Gasteiger partial charge in [-0.05, 0) is 21.9 Å². The fourth-order valence-corrected chi connectivity index (χ4v) is 2.38. The highest BCUT2D eigenvalue weighted by atomic mass is 32.1. The number of terminal acetylenes is 1. The van der Waals surface area contributed by atoms with E-state index in [0.29, 0.717) is 10.6 Å². The van der Waals surface area contributed by atoms with Crippen LogP contribution >= 0.6 is 11.3 Å². The Morgan fingerprint density at radius 3 is 2.95 bits per heavy atom. The molecule has 9 heteroatoms. The Kier molecular flexibility index (Phi) is 4.07. The van der Waals surface area contributed by atoms with Crippen LogP contribution in [0.1, 0.15) is 9.67 Å². The molecule has 0 fully saturated rings. The maximum absolute atomic E-state index is 12.3. The van der Waals surface area contributed by atoms with Gasteiger partial charge in [-0.2, -0.15) is 4.68 Å². The number of tetrazole rings is 1. The van der Waals surface area contributed by atoms with Gasteiger partial charge in [-0.25, -0.2) is 0 Å². The molecule has 1 N–H and O–H groups in total. The zero-order chi connectivity index (χ0) is 14.5. The van der Waals surface area contributed by atoms with Crippen LogP contribution in [0.5, 0.6) is 0 Å². The molecule has 2 heterocycles. The van der Waals surface area contributed by atoms with Crippen LogP contribution in [0.25, 0.3) is 5.69 Å². The van der Waals surface area contributed by atoms with Crippen molar-refractivity contribution in [2.45, 2.75) is 0 Å². The maximum atomic E-state index is 12.3. The first-order valence-corrected chi connectivity index (χ1v) is 6.27. The minimum atomic E-state index is -1.13. The summed E-state index contributed by atoms with van der Waals surface area (Å²) in [5.41, 5.74) is 0.484. The van der Waals surface area contributed by atoms with Gasteiger partial charge in [0.1, 0.15) is 17.7 Å². The molecule has 0 aromatic carbocycles. The summed E-state index contributed by atoms with van der Waals surface area (Å²) in [5, 5.41) is 21.2. The summed E-state index contributed by atoms with van der Waals surface area (Å²) in [6, 6.07) is 1.67. The maximum Gasteiger partial charge on any atom is 0.323 e. The lowest BCUT2D eigenvalue weighted by Gasteiger charge is -2.17. The average molecular weight is 291 g/mol. The third-order valence-electron chi connectivity index (χ3n) is 2.33. The first-order chi connectivity index (χ1) is 9.63. The summed E-state index contributed by atoms with van der Waals surface area (Å²) in [7, 11) is 0. The summed E-state index contributed by atoms with van der Waals surface area (Å²) in [6.07, 6.45) is 6.51. The molecule has 2 aromatic heterocycles. The van der Waals surface area contributed by atoms with E-state index in [-0.39, 0.29) is 6.54 Å². The molecule has 0 saturated carbocycles. The summed E-state index contributed by atoms with van der Waals surface area (Å²) in [6.45, 7) is -0.548. The minimum absolute atomic E-state index is 0.0852. The summed E-state index contributed by atoms with van der Waals surface area (Å²) in [4.78, 5) is 24.5. The molecule has 8 nitrogen and oxygen atoms in total. The molecule has 2 aromatic rings. The van der Waals surface area contributed by atoms with E-state index in [2.05, 4.69) is 21.4 Å². The van der Waals surface area contributed by atoms with Gasteiger partial charge >= 0.3 is 5.97 Å². The van der Waals surface area contributed by atoms with E-state index >= 15 is 0 Å². The Balaban J connectivity index is 2.31. The zero-order valence-electron chi connectivity index (χ0n) is 10.1. The molecular weight excluding hydrogens is 282 g/mol. The molecule has 0 saturated heterocycles. The standard InChI is InChI=1S/C11H9N5O3S/c1-2-4-15(6-9(17)18)11(19)10-8(3-5-20-10)16-7-12-13-14-16/h1,3,5,7H,4,6H2,(H,17,18). The van der Waals surface area contributed by atoms with E-state index in [0.717, 1.165) is 4.90 Å². The Morgan fingerprint density at radius 2 is 2.35 bits per heavy atom. The van der Waals surface area contributed by atoms with Gasteiger partial charge in [-0.3, -0.25) is 9.59 Å². The number of carboxylic acid groups (broad SMARTS) is 1. The van der Waals surface area contributed by atoms with Crippen LogP contribution in [0, 0.1) is 12.3 Å². The van der Waals surface area contributed by atoms with E-state index in [9.17, 15) is 9.59 Å². The van der Waals surface area contributed by atoms with Gasteiger partial charge in [0.15, 0.2) is 0 Å². The van der Waals surface area contributed by atoms with E-state index in [1.165, 1.54) is 22.3 Å². The van der Waals surface area contributed by atoms with Crippen LogP contribution in [0.2, 0.25) is 0 Å². The second-order valence-corrected chi connectivity index (χ2v) is 4.56. The van der Waals surface area contributed by atoms with Crippen LogP contribution in [0.3, 0.4) is 0 Å². The minimum Gasteiger partial charge on any atom is -0.480 e. The summed E-state index contributed by atoms with van der Waals surface area (Å²) in [5.74, 6) is 0.672. The monoisotopic (exact) mass is 291 g/mol. The van der Waals surface area contributed by atoms with Crippen LogP contribution in [0.15, 0.2) is 17.8 Å². The van der Waals surface area contributed by atoms with Gasteiger partial charge in [-0.15, -0.1) is 22.9 Å². The lowest BCUT2D eigenvalue weighted by Crippen LogP contribution is -2.36.